The molecule has 0 aromatic carbocycles. The lowest BCUT2D eigenvalue weighted by molar-refractivity contribution is -0.104. The molecule has 0 amide bonds. The Morgan fingerprint density at radius 2 is 2.00 bits per heavy atom. The molecule has 1 heterocycles. The average Bonchev–Trinajstić information content (AvgIpc) is 2.23. The number of hydrogen-bond donors (Lipinski definition) is 1. The van der Waals surface area contributed by atoms with Crippen molar-refractivity contribution >= 4 is 9.84 Å². The van der Waals surface area contributed by atoms with Crippen LogP contribution in [0.4, 0.5) is 8.78 Å². The first-order valence-corrected chi connectivity index (χ1v) is 6.01. The summed E-state index contributed by atoms with van der Waals surface area (Å²) in [6, 6.07) is 0. The Kier molecular flexibility index (Phi) is 2.65. The number of aliphatic hydroxyl groups is 1. The fourth-order valence-corrected chi connectivity index (χ4v) is 3.73. The van der Waals surface area contributed by atoms with Gasteiger partial charge in [-0.15, -0.1) is 0 Å². The third-order valence-electron chi connectivity index (χ3n) is 3.04. The fraction of sp³-hybridized carbons (Fsp3) is 1.00. The molecular weight excluding hydrogens is 214 g/mol. The summed E-state index contributed by atoms with van der Waals surface area (Å²) in [7, 11) is -3.46. The third kappa shape index (κ3) is 1.54. The molecule has 6 heteroatoms. The van der Waals surface area contributed by atoms with Gasteiger partial charge in [-0.05, 0) is 20.3 Å². The molecule has 1 aliphatic rings. The Hall–Kier alpha value is -0.230. The molecule has 1 rings (SSSR count). The molecule has 1 fully saturated rings. The van der Waals surface area contributed by atoms with Crippen LogP contribution in [0.15, 0.2) is 0 Å². The van der Waals surface area contributed by atoms with E-state index in [1.54, 1.807) is 0 Å². The van der Waals surface area contributed by atoms with Crippen LogP contribution >= 0.6 is 0 Å². The minimum atomic E-state index is -3.46. The van der Waals surface area contributed by atoms with Crippen molar-refractivity contribution in [2.45, 2.75) is 30.9 Å². The summed E-state index contributed by atoms with van der Waals surface area (Å²) >= 11 is 0. The molecule has 0 aromatic rings. The number of hydrogen-bond acceptors (Lipinski definition) is 3. The van der Waals surface area contributed by atoms with Crippen molar-refractivity contribution in [2.75, 3.05) is 12.4 Å². The van der Waals surface area contributed by atoms with Crippen LogP contribution in [0.25, 0.3) is 0 Å². The van der Waals surface area contributed by atoms with Gasteiger partial charge in [0, 0.05) is 5.92 Å². The summed E-state index contributed by atoms with van der Waals surface area (Å²) in [5.41, 5.74) is 0. The summed E-state index contributed by atoms with van der Waals surface area (Å²) in [6.07, 6.45) is -0.0805. The molecule has 0 radical (unpaired) electrons. The monoisotopic (exact) mass is 228 g/mol. The Bertz CT molecular complexity index is 321. The SMILES string of the molecule is CC1(C)C(C(F)(F)CO)CCS1(=O)=O. The van der Waals surface area contributed by atoms with Gasteiger partial charge in [0.05, 0.1) is 10.5 Å². The van der Waals surface area contributed by atoms with E-state index in [1.165, 1.54) is 13.8 Å². The summed E-state index contributed by atoms with van der Waals surface area (Å²) in [5, 5.41) is 8.51. The predicted octanol–water partition coefficient (Wildman–Crippen LogP) is 0.827. The van der Waals surface area contributed by atoms with E-state index < -0.39 is 33.0 Å². The molecule has 0 spiro atoms. The zero-order valence-electron chi connectivity index (χ0n) is 8.13. The Labute approximate surface area is 82.0 Å². The largest absolute Gasteiger partial charge is 0.390 e. The molecule has 1 unspecified atom stereocenters. The minimum Gasteiger partial charge on any atom is -0.390 e. The average molecular weight is 228 g/mol. The van der Waals surface area contributed by atoms with Crippen molar-refractivity contribution in [3.63, 3.8) is 0 Å². The quantitative estimate of drug-likeness (QED) is 0.761. The smallest absolute Gasteiger partial charge is 0.274 e. The molecule has 14 heavy (non-hydrogen) atoms. The number of halogens is 2. The van der Waals surface area contributed by atoms with E-state index in [4.69, 9.17) is 5.11 Å². The Morgan fingerprint density at radius 3 is 2.29 bits per heavy atom. The molecule has 1 N–H and O–H groups in total. The highest BCUT2D eigenvalue weighted by Crippen LogP contribution is 2.45. The lowest BCUT2D eigenvalue weighted by Crippen LogP contribution is -2.45. The Balaban J connectivity index is 3.08. The van der Waals surface area contributed by atoms with Crippen LogP contribution in [0.3, 0.4) is 0 Å². The fourth-order valence-electron chi connectivity index (χ4n) is 1.93. The van der Waals surface area contributed by atoms with Gasteiger partial charge in [-0.2, -0.15) is 0 Å². The van der Waals surface area contributed by atoms with Crippen LogP contribution in [0.2, 0.25) is 0 Å². The number of aliphatic hydroxyl groups excluding tert-OH is 1. The highest BCUT2D eigenvalue weighted by atomic mass is 32.2. The van der Waals surface area contributed by atoms with E-state index in [2.05, 4.69) is 0 Å². The topological polar surface area (TPSA) is 54.4 Å². The molecule has 3 nitrogen and oxygen atoms in total. The second-order valence-corrected chi connectivity index (χ2v) is 6.87. The minimum absolute atomic E-state index is 0.0805. The van der Waals surface area contributed by atoms with Crippen LogP contribution in [0.5, 0.6) is 0 Å². The molecule has 0 aliphatic carbocycles. The van der Waals surface area contributed by atoms with Gasteiger partial charge in [0.15, 0.2) is 9.84 Å². The molecule has 1 aliphatic heterocycles. The van der Waals surface area contributed by atoms with Gasteiger partial charge in [-0.25, -0.2) is 17.2 Å². The second kappa shape index (κ2) is 3.13. The summed E-state index contributed by atoms with van der Waals surface area (Å²) in [6.45, 7) is 1.30. The Morgan fingerprint density at radius 1 is 1.50 bits per heavy atom. The van der Waals surface area contributed by atoms with Crippen LogP contribution in [-0.4, -0.2) is 36.6 Å². The molecule has 84 valence electrons. The first kappa shape index (κ1) is 11.8. The number of rotatable bonds is 2. The van der Waals surface area contributed by atoms with Crippen molar-refractivity contribution in [1.29, 1.82) is 0 Å². The zero-order chi connectivity index (χ0) is 11.2. The highest BCUT2D eigenvalue weighted by molar-refractivity contribution is 7.93. The van der Waals surface area contributed by atoms with Crippen molar-refractivity contribution in [3.05, 3.63) is 0 Å². The maximum atomic E-state index is 13.2. The van der Waals surface area contributed by atoms with Crippen molar-refractivity contribution in [3.8, 4) is 0 Å². The van der Waals surface area contributed by atoms with Gasteiger partial charge in [0.2, 0.25) is 0 Å². The maximum Gasteiger partial charge on any atom is 0.274 e. The lowest BCUT2D eigenvalue weighted by atomic mass is 9.87. The first-order valence-electron chi connectivity index (χ1n) is 4.36. The summed E-state index contributed by atoms with van der Waals surface area (Å²) < 4.78 is 47.8. The van der Waals surface area contributed by atoms with Gasteiger partial charge in [-0.3, -0.25) is 0 Å². The van der Waals surface area contributed by atoms with E-state index in [0.29, 0.717) is 0 Å². The summed E-state index contributed by atoms with van der Waals surface area (Å²) in [5.74, 6) is -4.82. The number of alkyl halides is 2. The van der Waals surface area contributed by atoms with Gasteiger partial charge in [0.1, 0.15) is 6.61 Å². The standard InChI is InChI=1S/C8H14F2O3S/c1-7(2)6(8(9,10)5-11)3-4-14(7,12)13/h6,11H,3-5H2,1-2H3. The van der Waals surface area contributed by atoms with E-state index in [-0.39, 0.29) is 12.2 Å². The van der Waals surface area contributed by atoms with E-state index >= 15 is 0 Å². The van der Waals surface area contributed by atoms with Crippen molar-refractivity contribution in [1.82, 2.24) is 0 Å². The lowest BCUT2D eigenvalue weighted by Gasteiger charge is -2.31. The maximum absolute atomic E-state index is 13.2. The van der Waals surface area contributed by atoms with E-state index in [1.807, 2.05) is 0 Å². The number of sulfone groups is 1. The van der Waals surface area contributed by atoms with Gasteiger partial charge in [-0.1, -0.05) is 0 Å². The highest BCUT2D eigenvalue weighted by Gasteiger charge is 2.57. The zero-order valence-corrected chi connectivity index (χ0v) is 8.94. The summed E-state index contributed by atoms with van der Waals surface area (Å²) in [4.78, 5) is 0. The third-order valence-corrected chi connectivity index (χ3v) is 5.70. The molecule has 0 saturated carbocycles. The van der Waals surface area contributed by atoms with Gasteiger partial charge >= 0.3 is 0 Å². The van der Waals surface area contributed by atoms with Gasteiger partial charge in [0.25, 0.3) is 5.92 Å². The van der Waals surface area contributed by atoms with Crippen LogP contribution in [0.1, 0.15) is 20.3 Å². The van der Waals surface area contributed by atoms with Crippen LogP contribution < -0.4 is 0 Å². The van der Waals surface area contributed by atoms with E-state index in [0.717, 1.165) is 0 Å². The second-order valence-electron chi connectivity index (χ2n) is 4.18. The van der Waals surface area contributed by atoms with Crippen molar-refractivity contribution < 1.29 is 22.3 Å². The molecule has 0 aromatic heterocycles. The molecule has 1 saturated heterocycles. The van der Waals surface area contributed by atoms with E-state index in [9.17, 15) is 17.2 Å². The molecule has 0 bridgehead atoms. The normalized spacial score (nSPS) is 30.5. The molecular formula is C8H14F2O3S. The first-order chi connectivity index (χ1) is 6.15. The van der Waals surface area contributed by atoms with Crippen LogP contribution in [0, 0.1) is 5.92 Å². The molecule has 1 atom stereocenters. The van der Waals surface area contributed by atoms with Crippen LogP contribution in [-0.2, 0) is 9.84 Å². The predicted molar refractivity (Wildman–Crippen MR) is 48.0 cm³/mol. The van der Waals surface area contributed by atoms with Crippen molar-refractivity contribution in [2.24, 2.45) is 5.92 Å². The van der Waals surface area contributed by atoms with Gasteiger partial charge < -0.3 is 5.11 Å².